The lowest BCUT2D eigenvalue weighted by Gasteiger charge is -2.36. The lowest BCUT2D eigenvalue weighted by atomic mass is 9.99. The molecule has 0 aromatic carbocycles. The van der Waals surface area contributed by atoms with Gasteiger partial charge < -0.3 is 14.4 Å². The first kappa shape index (κ1) is 17.4. The molecule has 1 aliphatic rings. The maximum Gasteiger partial charge on any atom is 0.328 e. The number of aromatic nitrogens is 1. The number of methoxy groups -OCH3 is 2. The number of carbonyl (C=O) groups excluding carboxylic acids is 2. The van der Waals surface area contributed by atoms with Gasteiger partial charge in [0.2, 0.25) is 5.91 Å². The number of carbonyl (C=O) groups is 2. The van der Waals surface area contributed by atoms with E-state index in [0.29, 0.717) is 24.5 Å². The van der Waals surface area contributed by atoms with Gasteiger partial charge in [-0.2, -0.15) is 0 Å². The van der Waals surface area contributed by atoms with Crippen LogP contribution < -0.4 is 0 Å². The molecule has 1 aromatic heterocycles. The molecule has 1 amide bonds. The average molecular weight is 339 g/mol. The maximum atomic E-state index is 12.4. The second kappa shape index (κ2) is 8.08. The number of halogens is 1. The van der Waals surface area contributed by atoms with Crippen LogP contribution in [0.5, 0.6) is 0 Å². The van der Waals surface area contributed by atoms with E-state index in [1.807, 2.05) is 0 Å². The summed E-state index contributed by atoms with van der Waals surface area (Å²) < 4.78 is 10.1. The van der Waals surface area contributed by atoms with Crippen molar-refractivity contribution in [3.63, 3.8) is 0 Å². The third kappa shape index (κ3) is 4.53. The molecule has 0 aliphatic carbocycles. The van der Waals surface area contributed by atoms with Crippen LogP contribution in [0.15, 0.2) is 24.4 Å². The zero-order chi connectivity index (χ0) is 16.8. The van der Waals surface area contributed by atoms with Crippen LogP contribution in [0.3, 0.4) is 0 Å². The molecule has 6 nitrogen and oxygen atoms in total. The molecular formula is C16H19ClN2O4. The molecule has 0 spiro atoms. The van der Waals surface area contributed by atoms with E-state index < -0.39 is 12.0 Å². The molecule has 1 saturated heterocycles. The van der Waals surface area contributed by atoms with Crippen molar-refractivity contribution in [2.75, 3.05) is 20.8 Å². The second-order valence-electron chi connectivity index (χ2n) is 5.20. The molecule has 0 saturated carbocycles. The summed E-state index contributed by atoms with van der Waals surface area (Å²) in [6.45, 7) is 0.443. The predicted octanol–water partition coefficient (Wildman–Crippen LogP) is 1.93. The van der Waals surface area contributed by atoms with E-state index in [9.17, 15) is 9.59 Å². The summed E-state index contributed by atoms with van der Waals surface area (Å²) in [4.78, 5) is 29.8. The Morgan fingerprint density at radius 2 is 2.22 bits per heavy atom. The highest BCUT2D eigenvalue weighted by molar-refractivity contribution is 6.29. The summed E-state index contributed by atoms with van der Waals surface area (Å²) in [5, 5.41) is 0.355. The Morgan fingerprint density at radius 1 is 1.43 bits per heavy atom. The molecule has 2 heterocycles. The van der Waals surface area contributed by atoms with Crippen molar-refractivity contribution in [2.45, 2.75) is 25.0 Å². The first-order chi connectivity index (χ1) is 11.0. The normalized spacial score (nSPS) is 21.4. The number of rotatable bonds is 4. The molecule has 2 atom stereocenters. The highest BCUT2D eigenvalue weighted by Gasteiger charge is 2.36. The molecular weight excluding hydrogens is 320 g/mol. The summed E-state index contributed by atoms with van der Waals surface area (Å²) in [5.74, 6) is -0.677. The molecule has 124 valence electrons. The van der Waals surface area contributed by atoms with E-state index in [4.69, 9.17) is 21.1 Å². The Labute approximate surface area is 140 Å². The fourth-order valence-electron chi connectivity index (χ4n) is 2.55. The molecule has 23 heavy (non-hydrogen) atoms. The quantitative estimate of drug-likeness (QED) is 0.476. The number of hydrogen-bond acceptors (Lipinski definition) is 5. The predicted molar refractivity (Wildman–Crippen MR) is 85.8 cm³/mol. The topological polar surface area (TPSA) is 68.7 Å². The fraction of sp³-hybridized carbons (Fsp3) is 0.438. The minimum absolute atomic E-state index is 0.0499. The smallest absolute Gasteiger partial charge is 0.328 e. The zero-order valence-corrected chi connectivity index (χ0v) is 13.8. The third-order valence-electron chi connectivity index (χ3n) is 3.81. The van der Waals surface area contributed by atoms with E-state index in [0.717, 1.165) is 5.56 Å². The van der Waals surface area contributed by atoms with E-state index >= 15 is 0 Å². The fourth-order valence-corrected chi connectivity index (χ4v) is 2.74. The van der Waals surface area contributed by atoms with Gasteiger partial charge in [0.25, 0.3) is 0 Å². The molecule has 2 rings (SSSR count). The van der Waals surface area contributed by atoms with Crippen LogP contribution in [0.4, 0.5) is 0 Å². The van der Waals surface area contributed by atoms with Crippen molar-refractivity contribution >= 4 is 29.6 Å². The number of piperidine rings is 1. The van der Waals surface area contributed by atoms with Crippen LogP contribution in [0.2, 0.25) is 5.15 Å². The van der Waals surface area contributed by atoms with Crippen molar-refractivity contribution in [2.24, 2.45) is 0 Å². The van der Waals surface area contributed by atoms with E-state index in [1.54, 1.807) is 31.5 Å². The minimum Gasteiger partial charge on any atom is -0.467 e. The van der Waals surface area contributed by atoms with Gasteiger partial charge in [-0.3, -0.25) is 4.79 Å². The maximum absolute atomic E-state index is 12.4. The lowest BCUT2D eigenvalue weighted by molar-refractivity contribution is -0.155. The largest absolute Gasteiger partial charge is 0.467 e. The third-order valence-corrected chi connectivity index (χ3v) is 4.02. The van der Waals surface area contributed by atoms with Gasteiger partial charge >= 0.3 is 5.97 Å². The molecule has 0 bridgehead atoms. The van der Waals surface area contributed by atoms with Gasteiger partial charge in [0, 0.05) is 32.3 Å². The molecule has 7 heteroatoms. The van der Waals surface area contributed by atoms with Gasteiger partial charge in [-0.1, -0.05) is 11.6 Å². The van der Waals surface area contributed by atoms with Crippen LogP contribution in [-0.2, 0) is 19.1 Å². The molecule has 1 fully saturated rings. The highest BCUT2D eigenvalue weighted by Crippen LogP contribution is 2.21. The molecule has 1 aliphatic heterocycles. The van der Waals surface area contributed by atoms with Crippen molar-refractivity contribution in [3.8, 4) is 0 Å². The Bertz CT molecular complexity index is 605. The standard InChI is InChI=1S/C16H19ClN2O4/c1-22-12-6-8-19(13(10-12)16(21)23-2)15(20)4-3-11-5-7-18-14(17)9-11/h3-5,7,9,12-13H,6,8,10H2,1-2H3. The second-order valence-corrected chi connectivity index (χ2v) is 5.59. The van der Waals surface area contributed by atoms with Crippen molar-refractivity contribution in [1.29, 1.82) is 0 Å². The Hall–Kier alpha value is -1.92. The molecule has 0 N–H and O–H groups in total. The number of esters is 1. The Balaban J connectivity index is 2.11. The summed E-state index contributed by atoms with van der Waals surface area (Å²) in [5.41, 5.74) is 0.764. The number of pyridine rings is 1. The van der Waals surface area contributed by atoms with Gasteiger partial charge in [-0.25, -0.2) is 9.78 Å². The molecule has 1 aromatic rings. The van der Waals surface area contributed by atoms with Gasteiger partial charge in [-0.05, 0) is 30.2 Å². The van der Waals surface area contributed by atoms with E-state index in [1.165, 1.54) is 18.1 Å². The minimum atomic E-state index is -0.628. The Kier molecular flexibility index (Phi) is 6.12. The van der Waals surface area contributed by atoms with Crippen molar-refractivity contribution in [3.05, 3.63) is 35.1 Å². The van der Waals surface area contributed by atoms with Crippen LogP contribution in [0.25, 0.3) is 6.08 Å². The monoisotopic (exact) mass is 338 g/mol. The van der Waals surface area contributed by atoms with E-state index in [2.05, 4.69) is 4.98 Å². The molecule has 2 unspecified atom stereocenters. The van der Waals surface area contributed by atoms with Gasteiger partial charge in [-0.15, -0.1) is 0 Å². The number of likely N-dealkylation sites (tertiary alicyclic amines) is 1. The van der Waals surface area contributed by atoms with Gasteiger partial charge in [0.1, 0.15) is 11.2 Å². The van der Waals surface area contributed by atoms with Crippen LogP contribution in [0, 0.1) is 0 Å². The summed E-state index contributed by atoms with van der Waals surface area (Å²) in [7, 11) is 2.92. The van der Waals surface area contributed by atoms with Crippen LogP contribution >= 0.6 is 11.6 Å². The SMILES string of the molecule is COC(=O)C1CC(OC)CCN1C(=O)C=Cc1ccnc(Cl)c1. The molecule has 0 radical (unpaired) electrons. The number of hydrogen-bond donors (Lipinski definition) is 0. The average Bonchev–Trinajstić information content (AvgIpc) is 2.58. The highest BCUT2D eigenvalue weighted by atomic mass is 35.5. The van der Waals surface area contributed by atoms with Gasteiger partial charge in [0.15, 0.2) is 0 Å². The summed E-state index contributed by atoms with van der Waals surface area (Å²) >= 11 is 5.81. The van der Waals surface area contributed by atoms with Crippen molar-refractivity contribution in [1.82, 2.24) is 9.88 Å². The van der Waals surface area contributed by atoms with E-state index in [-0.39, 0.29) is 12.0 Å². The number of ether oxygens (including phenoxy) is 2. The number of amides is 1. The first-order valence-electron chi connectivity index (χ1n) is 7.26. The zero-order valence-electron chi connectivity index (χ0n) is 13.1. The van der Waals surface area contributed by atoms with Crippen LogP contribution in [-0.4, -0.2) is 54.7 Å². The lowest BCUT2D eigenvalue weighted by Crippen LogP contribution is -2.51. The summed E-state index contributed by atoms with van der Waals surface area (Å²) in [6.07, 6.45) is 5.70. The van der Waals surface area contributed by atoms with Crippen LogP contribution in [0.1, 0.15) is 18.4 Å². The van der Waals surface area contributed by atoms with Crippen molar-refractivity contribution < 1.29 is 19.1 Å². The first-order valence-corrected chi connectivity index (χ1v) is 7.63. The number of nitrogens with zero attached hydrogens (tertiary/aromatic N) is 2. The van der Waals surface area contributed by atoms with Gasteiger partial charge in [0.05, 0.1) is 13.2 Å². The Morgan fingerprint density at radius 3 is 2.87 bits per heavy atom. The summed E-state index contributed by atoms with van der Waals surface area (Å²) in [6, 6.07) is 2.77.